The average molecular weight is 299 g/mol. The average Bonchev–Trinajstić information content (AvgIpc) is 2.59. The molecule has 112 valence electrons. The minimum Gasteiger partial charge on any atom is -0.313 e. The Morgan fingerprint density at radius 3 is 3.00 bits per heavy atom. The molecule has 0 aromatic heterocycles. The van der Waals surface area contributed by atoms with Crippen molar-refractivity contribution < 1.29 is 4.39 Å². The molecule has 0 radical (unpaired) electrons. The Morgan fingerprint density at radius 1 is 1.45 bits per heavy atom. The standard InChI is InChI=1S/C16H24ClFN2/c1-12(2)9-14-11-20(8-4-7-19-14)10-13-5-3-6-15(17)16(13)18/h3,5-6,12,14,19H,4,7-11H2,1-2H3. The Hall–Kier alpha value is -0.640. The van der Waals surface area contributed by atoms with Crippen LogP contribution >= 0.6 is 11.6 Å². The number of benzene rings is 1. The van der Waals surface area contributed by atoms with Gasteiger partial charge in [0.05, 0.1) is 5.02 Å². The minimum atomic E-state index is -0.271. The zero-order chi connectivity index (χ0) is 14.5. The molecular formula is C16H24ClFN2. The maximum Gasteiger partial charge on any atom is 0.146 e. The zero-order valence-electron chi connectivity index (χ0n) is 12.3. The van der Waals surface area contributed by atoms with Gasteiger partial charge in [0.2, 0.25) is 0 Å². The first-order chi connectivity index (χ1) is 9.56. The third-order valence-corrected chi connectivity index (χ3v) is 4.04. The zero-order valence-corrected chi connectivity index (χ0v) is 13.1. The van der Waals surface area contributed by atoms with Gasteiger partial charge in [-0.15, -0.1) is 0 Å². The van der Waals surface area contributed by atoms with Crippen molar-refractivity contribution in [2.24, 2.45) is 5.92 Å². The summed E-state index contributed by atoms with van der Waals surface area (Å²) in [5.74, 6) is 0.405. The Balaban J connectivity index is 2.01. The van der Waals surface area contributed by atoms with E-state index < -0.39 is 0 Å². The van der Waals surface area contributed by atoms with E-state index in [2.05, 4.69) is 24.1 Å². The van der Waals surface area contributed by atoms with Crippen LogP contribution in [-0.2, 0) is 6.54 Å². The van der Waals surface area contributed by atoms with Gasteiger partial charge in [0.25, 0.3) is 0 Å². The van der Waals surface area contributed by atoms with Crippen molar-refractivity contribution in [2.75, 3.05) is 19.6 Å². The van der Waals surface area contributed by atoms with Crippen LogP contribution in [0.2, 0.25) is 5.02 Å². The molecule has 1 atom stereocenters. The highest BCUT2D eigenvalue weighted by Crippen LogP contribution is 2.20. The van der Waals surface area contributed by atoms with Gasteiger partial charge in [-0.2, -0.15) is 0 Å². The molecule has 1 heterocycles. The van der Waals surface area contributed by atoms with E-state index in [1.165, 1.54) is 0 Å². The number of halogens is 2. The maximum atomic E-state index is 14.0. The van der Waals surface area contributed by atoms with Crippen molar-refractivity contribution in [1.82, 2.24) is 10.2 Å². The summed E-state index contributed by atoms with van der Waals surface area (Å²) < 4.78 is 14.0. The first kappa shape index (κ1) is 15.7. The predicted molar refractivity (Wildman–Crippen MR) is 82.5 cm³/mol. The van der Waals surface area contributed by atoms with E-state index in [1.807, 2.05) is 12.1 Å². The summed E-state index contributed by atoms with van der Waals surface area (Å²) in [4.78, 5) is 2.34. The summed E-state index contributed by atoms with van der Waals surface area (Å²) >= 11 is 5.86. The normalized spacial score (nSPS) is 21.1. The van der Waals surface area contributed by atoms with E-state index in [0.717, 1.165) is 32.5 Å². The van der Waals surface area contributed by atoms with Gasteiger partial charge in [-0.25, -0.2) is 4.39 Å². The third kappa shape index (κ3) is 4.44. The van der Waals surface area contributed by atoms with E-state index in [4.69, 9.17) is 11.6 Å². The molecule has 1 unspecified atom stereocenters. The van der Waals surface area contributed by atoms with E-state index in [9.17, 15) is 4.39 Å². The second kappa shape index (κ2) is 7.39. The van der Waals surface area contributed by atoms with Gasteiger partial charge in [-0.1, -0.05) is 37.6 Å². The van der Waals surface area contributed by atoms with Crippen molar-refractivity contribution in [1.29, 1.82) is 0 Å². The molecule has 20 heavy (non-hydrogen) atoms. The Labute approximate surface area is 126 Å². The quantitative estimate of drug-likeness (QED) is 0.912. The molecule has 0 saturated carbocycles. The van der Waals surface area contributed by atoms with Gasteiger partial charge >= 0.3 is 0 Å². The molecule has 1 saturated heterocycles. The fourth-order valence-corrected chi connectivity index (χ4v) is 3.05. The van der Waals surface area contributed by atoms with Crippen LogP contribution in [0.4, 0.5) is 4.39 Å². The largest absolute Gasteiger partial charge is 0.313 e. The van der Waals surface area contributed by atoms with Gasteiger partial charge in [0.1, 0.15) is 5.82 Å². The topological polar surface area (TPSA) is 15.3 Å². The summed E-state index contributed by atoms with van der Waals surface area (Å²) in [6.45, 7) is 8.16. The Kier molecular flexibility index (Phi) is 5.82. The molecule has 1 fully saturated rings. The van der Waals surface area contributed by atoms with Crippen LogP contribution in [0.1, 0.15) is 32.3 Å². The van der Waals surface area contributed by atoms with Gasteiger partial charge in [-0.05, 0) is 37.9 Å². The van der Waals surface area contributed by atoms with Crippen LogP contribution in [0.25, 0.3) is 0 Å². The SMILES string of the molecule is CC(C)CC1CN(Cc2cccc(Cl)c2F)CCCN1. The smallest absolute Gasteiger partial charge is 0.146 e. The lowest BCUT2D eigenvalue weighted by atomic mass is 10.0. The van der Waals surface area contributed by atoms with E-state index in [-0.39, 0.29) is 10.8 Å². The second-order valence-corrected chi connectivity index (χ2v) is 6.49. The van der Waals surface area contributed by atoms with Crippen molar-refractivity contribution in [3.05, 3.63) is 34.6 Å². The van der Waals surface area contributed by atoms with E-state index in [1.54, 1.807) is 6.07 Å². The number of nitrogens with zero attached hydrogens (tertiary/aromatic N) is 1. The van der Waals surface area contributed by atoms with Crippen molar-refractivity contribution >= 4 is 11.6 Å². The minimum absolute atomic E-state index is 0.217. The van der Waals surface area contributed by atoms with Crippen LogP contribution in [0, 0.1) is 11.7 Å². The summed E-state index contributed by atoms with van der Waals surface area (Å²) in [6, 6.07) is 5.76. The molecule has 1 aromatic carbocycles. The number of nitrogens with one attached hydrogen (secondary N) is 1. The van der Waals surface area contributed by atoms with Crippen molar-refractivity contribution in [3.8, 4) is 0 Å². The number of hydrogen-bond donors (Lipinski definition) is 1. The summed E-state index contributed by atoms with van der Waals surface area (Å²) in [5.41, 5.74) is 0.697. The fourth-order valence-electron chi connectivity index (χ4n) is 2.86. The molecule has 1 aliphatic rings. The molecule has 2 nitrogen and oxygen atoms in total. The molecule has 1 aliphatic heterocycles. The lowest BCUT2D eigenvalue weighted by Gasteiger charge is -2.25. The summed E-state index contributed by atoms with van der Waals surface area (Å²) in [6.07, 6.45) is 2.27. The highest BCUT2D eigenvalue weighted by Gasteiger charge is 2.19. The van der Waals surface area contributed by atoms with Crippen molar-refractivity contribution in [2.45, 2.75) is 39.3 Å². The van der Waals surface area contributed by atoms with Crippen LogP contribution in [0.15, 0.2) is 18.2 Å². The second-order valence-electron chi connectivity index (χ2n) is 6.08. The van der Waals surface area contributed by atoms with E-state index in [0.29, 0.717) is 24.1 Å². The maximum absolute atomic E-state index is 14.0. The molecular weight excluding hydrogens is 275 g/mol. The van der Waals surface area contributed by atoms with Gasteiger partial charge in [-0.3, -0.25) is 4.90 Å². The fraction of sp³-hybridized carbons (Fsp3) is 0.625. The molecule has 1 aromatic rings. The first-order valence-corrected chi connectivity index (χ1v) is 7.82. The first-order valence-electron chi connectivity index (χ1n) is 7.45. The molecule has 0 spiro atoms. The lowest BCUT2D eigenvalue weighted by Crippen LogP contribution is -2.38. The Bertz CT molecular complexity index is 436. The van der Waals surface area contributed by atoms with E-state index >= 15 is 0 Å². The molecule has 2 rings (SSSR count). The van der Waals surface area contributed by atoms with Crippen molar-refractivity contribution in [3.63, 3.8) is 0 Å². The van der Waals surface area contributed by atoms with Gasteiger partial charge < -0.3 is 5.32 Å². The highest BCUT2D eigenvalue weighted by molar-refractivity contribution is 6.30. The molecule has 0 aliphatic carbocycles. The van der Waals surface area contributed by atoms with Crippen LogP contribution in [-0.4, -0.2) is 30.6 Å². The van der Waals surface area contributed by atoms with Gasteiger partial charge in [0.15, 0.2) is 0 Å². The number of rotatable bonds is 4. The third-order valence-electron chi connectivity index (χ3n) is 3.74. The molecule has 4 heteroatoms. The molecule has 0 amide bonds. The molecule has 1 N–H and O–H groups in total. The Morgan fingerprint density at radius 2 is 2.25 bits per heavy atom. The van der Waals surface area contributed by atoms with Gasteiger partial charge in [0, 0.05) is 24.7 Å². The van der Waals surface area contributed by atoms with Crippen LogP contribution < -0.4 is 5.32 Å². The predicted octanol–water partition coefficient (Wildman–Crippen LogP) is 3.69. The lowest BCUT2D eigenvalue weighted by molar-refractivity contribution is 0.245. The monoisotopic (exact) mass is 298 g/mol. The van der Waals surface area contributed by atoms with Crippen LogP contribution in [0.3, 0.4) is 0 Å². The summed E-state index contributed by atoms with van der Waals surface area (Å²) in [5, 5.41) is 3.81. The number of hydrogen-bond acceptors (Lipinski definition) is 2. The summed E-state index contributed by atoms with van der Waals surface area (Å²) in [7, 11) is 0. The highest BCUT2D eigenvalue weighted by atomic mass is 35.5. The van der Waals surface area contributed by atoms with Crippen LogP contribution in [0.5, 0.6) is 0 Å². The molecule has 0 bridgehead atoms.